The molecule has 26 heavy (non-hydrogen) atoms. The van der Waals surface area contributed by atoms with E-state index in [2.05, 4.69) is 29.6 Å². The maximum absolute atomic E-state index is 12.5. The summed E-state index contributed by atoms with van der Waals surface area (Å²) in [5, 5.41) is 3.59. The number of anilines is 1. The molecule has 5 heteroatoms. The van der Waals surface area contributed by atoms with E-state index < -0.39 is 0 Å². The third kappa shape index (κ3) is 3.98. The number of carbonyl (C=O) groups excluding carboxylic acids is 2. The maximum atomic E-state index is 12.5. The van der Waals surface area contributed by atoms with Crippen LogP contribution in [0.15, 0.2) is 30.3 Å². The molecule has 1 heterocycles. The summed E-state index contributed by atoms with van der Waals surface area (Å²) < 4.78 is 5.26. The molecule has 3 rings (SSSR count). The van der Waals surface area contributed by atoms with E-state index in [1.165, 1.54) is 21.8 Å². The number of carbonyl (C=O) groups is 2. The highest BCUT2D eigenvalue weighted by molar-refractivity contribution is 7.17. The van der Waals surface area contributed by atoms with Crippen LogP contribution in [0.3, 0.4) is 0 Å². The molecule has 138 valence electrons. The molecule has 1 N–H and O–H groups in total. The largest absolute Gasteiger partial charge is 0.462 e. The van der Waals surface area contributed by atoms with E-state index in [9.17, 15) is 9.59 Å². The van der Waals surface area contributed by atoms with E-state index in [1.54, 1.807) is 6.92 Å². The van der Waals surface area contributed by atoms with E-state index in [1.807, 2.05) is 13.0 Å². The highest BCUT2D eigenvalue weighted by atomic mass is 32.1. The average molecular weight is 372 g/mol. The highest BCUT2D eigenvalue weighted by Gasteiger charge is 2.30. The zero-order valence-electron chi connectivity index (χ0n) is 15.3. The molecule has 0 aliphatic heterocycles. The van der Waals surface area contributed by atoms with Crippen molar-refractivity contribution in [3.8, 4) is 0 Å². The van der Waals surface area contributed by atoms with Gasteiger partial charge in [-0.3, -0.25) is 4.79 Å². The fraction of sp³-hybridized carbons (Fsp3) is 0.429. The summed E-state index contributed by atoms with van der Waals surface area (Å²) in [6, 6.07) is 10.5. The number of amides is 1. The molecule has 0 fully saturated rings. The van der Waals surface area contributed by atoms with Crippen LogP contribution in [-0.2, 0) is 22.4 Å². The van der Waals surface area contributed by atoms with Gasteiger partial charge >= 0.3 is 5.97 Å². The van der Waals surface area contributed by atoms with Gasteiger partial charge in [0.1, 0.15) is 5.00 Å². The Labute approximate surface area is 158 Å². The van der Waals surface area contributed by atoms with Gasteiger partial charge in [0.2, 0.25) is 5.91 Å². The zero-order valence-corrected chi connectivity index (χ0v) is 16.2. The van der Waals surface area contributed by atoms with Crippen molar-refractivity contribution in [1.29, 1.82) is 0 Å². The minimum absolute atomic E-state index is 0.0451. The molecule has 1 amide bonds. The Balaban J connectivity index is 1.91. The first kappa shape index (κ1) is 18.6. The second-order valence-electron chi connectivity index (χ2n) is 6.58. The van der Waals surface area contributed by atoms with Crippen molar-refractivity contribution in [3.63, 3.8) is 0 Å². The molecule has 1 aliphatic rings. The SMILES string of the molecule is CCCC(=O)Nc1sc2c(c1C(=O)OCC)CC[C@H](c1ccccc1)C2. The highest BCUT2D eigenvalue weighted by Crippen LogP contribution is 2.42. The van der Waals surface area contributed by atoms with Crippen molar-refractivity contribution < 1.29 is 14.3 Å². The molecule has 0 saturated carbocycles. The molecule has 1 atom stereocenters. The van der Waals surface area contributed by atoms with Crippen molar-refractivity contribution in [2.45, 2.75) is 51.9 Å². The van der Waals surface area contributed by atoms with Crippen LogP contribution in [-0.4, -0.2) is 18.5 Å². The number of esters is 1. The third-order valence-corrected chi connectivity index (χ3v) is 5.92. The van der Waals surface area contributed by atoms with E-state index in [0.717, 1.165) is 31.2 Å². The Kier molecular flexibility index (Phi) is 6.09. The molecule has 0 unspecified atom stereocenters. The molecule has 1 aromatic carbocycles. The molecule has 0 bridgehead atoms. The first-order valence-electron chi connectivity index (χ1n) is 9.30. The number of hydrogen-bond acceptors (Lipinski definition) is 4. The summed E-state index contributed by atoms with van der Waals surface area (Å²) >= 11 is 1.54. The molecule has 0 saturated heterocycles. The van der Waals surface area contributed by atoms with Crippen molar-refractivity contribution in [3.05, 3.63) is 51.9 Å². The molecule has 1 aliphatic carbocycles. The Morgan fingerprint density at radius 3 is 2.69 bits per heavy atom. The van der Waals surface area contributed by atoms with E-state index in [-0.39, 0.29) is 11.9 Å². The summed E-state index contributed by atoms with van der Waals surface area (Å²) in [7, 11) is 0. The summed E-state index contributed by atoms with van der Waals surface area (Å²) in [6.45, 7) is 4.10. The fourth-order valence-electron chi connectivity index (χ4n) is 3.52. The molecule has 0 spiro atoms. The van der Waals surface area contributed by atoms with Crippen LogP contribution >= 0.6 is 11.3 Å². The van der Waals surface area contributed by atoms with E-state index in [4.69, 9.17) is 4.74 Å². The molecule has 1 aromatic heterocycles. The number of ether oxygens (including phenoxy) is 1. The van der Waals surface area contributed by atoms with Gasteiger partial charge in [0.05, 0.1) is 12.2 Å². The van der Waals surface area contributed by atoms with E-state index >= 15 is 0 Å². The first-order chi connectivity index (χ1) is 12.6. The van der Waals surface area contributed by atoms with Crippen molar-refractivity contribution in [2.24, 2.45) is 0 Å². The first-order valence-corrected chi connectivity index (χ1v) is 10.1. The van der Waals surface area contributed by atoms with Gasteiger partial charge < -0.3 is 10.1 Å². The van der Waals surface area contributed by atoms with Gasteiger partial charge in [-0.05, 0) is 49.7 Å². The predicted octanol–water partition coefficient (Wildman–Crippen LogP) is 4.94. The fourth-order valence-corrected chi connectivity index (χ4v) is 4.85. The number of rotatable bonds is 6. The average Bonchev–Trinajstić information content (AvgIpc) is 2.99. The second-order valence-corrected chi connectivity index (χ2v) is 7.68. The number of nitrogens with one attached hydrogen (secondary N) is 1. The lowest BCUT2D eigenvalue weighted by Crippen LogP contribution is -2.16. The number of thiophene rings is 1. The summed E-state index contributed by atoms with van der Waals surface area (Å²) in [6.07, 6.45) is 3.98. The van der Waals surface area contributed by atoms with Crippen molar-refractivity contribution in [2.75, 3.05) is 11.9 Å². The van der Waals surface area contributed by atoms with Crippen LogP contribution < -0.4 is 5.32 Å². The quantitative estimate of drug-likeness (QED) is 0.732. The molecule has 2 aromatic rings. The van der Waals surface area contributed by atoms with Gasteiger partial charge in [0.25, 0.3) is 0 Å². The van der Waals surface area contributed by atoms with Crippen molar-refractivity contribution >= 4 is 28.2 Å². The topological polar surface area (TPSA) is 55.4 Å². The normalized spacial score (nSPS) is 16.0. The number of benzene rings is 1. The standard InChI is InChI=1S/C21H25NO3S/c1-3-8-18(23)22-20-19(21(24)25-4-2)16-12-11-15(13-17(16)26-20)14-9-6-5-7-10-14/h5-7,9-10,15H,3-4,8,11-13H2,1-2H3,(H,22,23)/t15-/m0/s1. The second kappa shape index (κ2) is 8.49. The zero-order chi connectivity index (χ0) is 18.5. The van der Waals surface area contributed by atoms with Gasteiger partial charge in [0, 0.05) is 11.3 Å². The van der Waals surface area contributed by atoms with Crippen molar-refractivity contribution in [1.82, 2.24) is 0 Å². The van der Waals surface area contributed by atoms with Gasteiger partial charge in [-0.15, -0.1) is 11.3 Å². The van der Waals surface area contributed by atoms with Gasteiger partial charge in [-0.1, -0.05) is 37.3 Å². The lowest BCUT2D eigenvalue weighted by Gasteiger charge is -2.23. The molecular weight excluding hydrogens is 346 g/mol. The minimum Gasteiger partial charge on any atom is -0.462 e. The molecular formula is C21H25NO3S. The Bertz CT molecular complexity index is 782. The minimum atomic E-state index is -0.324. The third-order valence-electron chi connectivity index (χ3n) is 4.75. The van der Waals surface area contributed by atoms with Gasteiger partial charge in [0.15, 0.2) is 0 Å². The Morgan fingerprint density at radius 2 is 2.00 bits per heavy atom. The maximum Gasteiger partial charge on any atom is 0.341 e. The lowest BCUT2D eigenvalue weighted by molar-refractivity contribution is -0.116. The summed E-state index contributed by atoms with van der Waals surface area (Å²) in [5.74, 6) is 0.0859. The lowest BCUT2D eigenvalue weighted by atomic mass is 9.83. The van der Waals surface area contributed by atoms with Crippen LogP contribution in [0.2, 0.25) is 0 Å². The van der Waals surface area contributed by atoms with E-state index in [0.29, 0.717) is 29.5 Å². The monoisotopic (exact) mass is 371 g/mol. The summed E-state index contributed by atoms with van der Waals surface area (Å²) in [5.41, 5.74) is 2.97. The van der Waals surface area contributed by atoms with Crippen LogP contribution in [0.1, 0.15) is 65.4 Å². The van der Waals surface area contributed by atoms with Crippen LogP contribution in [0.5, 0.6) is 0 Å². The molecule has 4 nitrogen and oxygen atoms in total. The summed E-state index contributed by atoms with van der Waals surface area (Å²) in [4.78, 5) is 25.8. The van der Waals surface area contributed by atoms with Gasteiger partial charge in [-0.2, -0.15) is 0 Å². The van der Waals surface area contributed by atoms with Crippen LogP contribution in [0, 0.1) is 0 Å². The predicted molar refractivity (Wildman–Crippen MR) is 105 cm³/mol. The Hall–Kier alpha value is -2.14. The number of hydrogen-bond donors (Lipinski definition) is 1. The number of fused-ring (bicyclic) bond motifs is 1. The smallest absolute Gasteiger partial charge is 0.341 e. The van der Waals surface area contributed by atoms with Gasteiger partial charge in [-0.25, -0.2) is 4.79 Å². The Morgan fingerprint density at radius 1 is 1.23 bits per heavy atom. The molecule has 0 radical (unpaired) electrons. The van der Waals surface area contributed by atoms with Crippen LogP contribution in [0.4, 0.5) is 5.00 Å². The van der Waals surface area contributed by atoms with Crippen LogP contribution in [0.25, 0.3) is 0 Å².